The number of pyridine rings is 1. The van der Waals surface area contributed by atoms with Crippen LogP contribution in [0.1, 0.15) is 32.6 Å². The molecule has 0 saturated heterocycles. The first kappa shape index (κ1) is 12.3. The average Bonchev–Trinajstić information content (AvgIpc) is 2.44. The summed E-state index contributed by atoms with van der Waals surface area (Å²) >= 11 is 0. The van der Waals surface area contributed by atoms with Crippen LogP contribution >= 0.6 is 0 Å². The van der Waals surface area contributed by atoms with Gasteiger partial charge in [-0.25, -0.2) is 0 Å². The lowest BCUT2D eigenvalue weighted by molar-refractivity contribution is 0.104. The maximum atomic E-state index is 6.24. The molecular weight excluding hydrogens is 236 g/mol. The molecule has 19 heavy (non-hydrogen) atoms. The number of benzene rings is 1. The van der Waals surface area contributed by atoms with Gasteiger partial charge in [0, 0.05) is 11.6 Å². The highest BCUT2D eigenvalue weighted by Crippen LogP contribution is 2.33. The molecule has 1 heterocycles. The van der Waals surface area contributed by atoms with Crippen molar-refractivity contribution in [3.8, 4) is 5.75 Å². The Morgan fingerprint density at radius 3 is 2.89 bits per heavy atom. The Hall–Kier alpha value is -1.77. The number of ether oxygens (including phenoxy) is 1. The topological polar surface area (TPSA) is 48.1 Å². The minimum Gasteiger partial charge on any atom is -0.489 e. The number of hydrogen-bond acceptors (Lipinski definition) is 3. The molecule has 3 rings (SSSR count). The molecule has 0 aliphatic heterocycles. The van der Waals surface area contributed by atoms with E-state index in [0.29, 0.717) is 17.7 Å². The maximum absolute atomic E-state index is 6.24. The monoisotopic (exact) mass is 256 g/mol. The van der Waals surface area contributed by atoms with Crippen LogP contribution in [0.5, 0.6) is 5.75 Å². The van der Waals surface area contributed by atoms with Gasteiger partial charge in [0.25, 0.3) is 0 Å². The van der Waals surface area contributed by atoms with E-state index in [1.54, 1.807) is 6.20 Å². The van der Waals surface area contributed by atoms with Gasteiger partial charge in [0.2, 0.25) is 0 Å². The molecule has 2 N–H and O–H groups in total. The molecule has 0 spiro atoms. The highest BCUT2D eigenvalue weighted by molar-refractivity contribution is 5.93. The molecule has 3 nitrogen and oxygen atoms in total. The summed E-state index contributed by atoms with van der Waals surface area (Å²) in [7, 11) is 0. The van der Waals surface area contributed by atoms with Crippen molar-refractivity contribution in [2.24, 2.45) is 5.92 Å². The first-order valence-corrected chi connectivity index (χ1v) is 7.05. The zero-order valence-electron chi connectivity index (χ0n) is 11.3. The molecule has 3 heteroatoms. The van der Waals surface area contributed by atoms with E-state index in [1.807, 2.05) is 24.3 Å². The van der Waals surface area contributed by atoms with E-state index in [1.165, 1.54) is 19.3 Å². The number of rotatable bonds is 2. The molecule has 1 aromatic heterocycles. The van der Waals surface area contributed by atoms with Crippen molar-refractivity contribution in [1.29, 1.82) is 0 Å². The number of aromatic nitrogens is 1. The smallest absolute Gasteiger partial charge is 0.129 e. The molecule has 1 aliphatic carbocycles. The lowest BCUT2D eigenvalue weighted by atomic mass is 9.88. The van der Waals surface area contributed by atoms with Crippen molar-refractivity contribution in [2.45, 2.75) is 38.7 Å². The van der Waals surface area contributed by atoms with Gasteiger partial charge in [0.15, 0.2) is 0 Å². The molecule has 100 valence electrons. The summed E-state index contributed by atoms with van der Waals surface area (Å²) in [6.45, 7) is 2.28. The van der Waals surface area contributed by atoms with Gasteiger partial charge in [-0.2, -0.15) is 0 Å². The highest BCUT2D eigenvalue weighted by Gasteiger charge is 2.23. The van der Waals surface area contributed by atoms with Gasteiger partial charge in [0.05, 0.1) is 11.2 Å². The van der Waals surface area contributed by atoms with Crippen LogP contribution in [0.3, 0.4) is 0 Å². The molecule has 1 aliphatic rings. The zero-order valence-corrected chi connectivity index (χ0v) is 11.3. The van der Waals surface area contributed by atoms with E-state index in [-0.39, 0.29) is 0 Å². The summed E-state index contributed by atoms with van der Waals surface area (Å²) < 4.78 is 6.24. The van der Waals surface area contributed by atoms with E-state index in [9.17, 15) is 0 Å². The van der Waals surface area contributed by atoms with Crippen molar-refractivity contribution in [3.05, 3.63) is 30.5 Å². The van der Waals surface area contributed by atoms with E-state index in [0.717, 1.165) is 23.1 Å². The SMILES string of the molecule is CC1CCCCC1Oc1ccc(N)c2ncccc12. The number of fused-ring (bicyclic) bond motifs is 1. The van der Waals surface area contributed by atoms with Crippen molar-refractivity contribution in [1.82, 2.24) is 4.98 Å². The lowest BCUT2D eigenvalue weighted by Crippen LogP contribution is -2.28. The normalized spacial score (nSPS) is 23.4. The molecule has 0 radical (unpaired) electrons. The van der Waals surface area contributed by atoms with Gasteiger partial charge in [-0.05, 0) is 49.4 Å². The van der Waals surface area contributed by atoms with E-state index in [2.05, 4.69) is 11.9 Å². The van der Waals surface area contributed by atoms with Crippen molar-refractivity contribution in [2.75, 3.05) is 5.73 Å². The number of nitrogens with zero attached hydrogens (tertiary/aromatic N) is 1. The molecule has 1 fully saturated rings. The number of nitrogens with two attached hydrogens (primary N) is 1. The van der Waals surface area contributed by atoms with Crippen molar-refractivity contribution < 1.29 is 4.74 Å². The molecule has 2 aromatic rings. The average molecular weight is 256 g/mol. The van der Waals surface area contributed by atoms with Crippen LogP contribution in [-0.4, -0.2) is 11.1 Å². The third-order valence-electron chi connectivity index (χ3n) is 4.07. The fourth-order valence-electron chi connectivity index (χ4n) is 2.89. The van der Waals surface area contributed by atoms with Crippen molar-refractivity contribution in [3.63, 3.8) is 0 Å². The van der Waals surface area contributed by atoms with Gasteiger partial charge in [-0.1, -0.05) is 13.3 Å². The summed E-state index contributed by atoms with van der Waals surface area (Å²) in [5.74, 6) is 1.54. The summed E-state index contributed by atoms with van der Waals surface area (Å²) in [4.78, 5) is 4.35. The Balaban J connectivity index is 1.94. The molecule has 2 atom stereocenters. The molecule has 1 saturated carbocycles. The largest absolute Gasteiger partial charge is 0.489 e. The van der Waals surface area contributed by atoms with Crippen molar-refractivity contribution >= 4 is 16.6 Å². The van der Waals surface area contributed by atoms with Crippen LogP contribution in [0.25, 0.3) is 10.9 Å². The third-order valence-corrected chi connectivity index (χ3v) is 4.07. The Labute approximate surface area is 113 Å². The fourth-order valence-corrected chi connectivity index (χ4v) is 2.89. The first-order chi connectivity index (χ1) is 9.25. The van der Waals surface area contributed by atoms with Gasteiger partial charge >= 0.3 is 0 Å². The minimum absolute atomic E-state index is 0.320. The van der Waals surface area contributed by atoms with Crippen LogP contribution in [0.4, 0.5) is 5.69 Å². The highest BCUT2D eigenvalue weighted by atomic mass is 16.5. The predicted molar refractivity (Wildman–Crippen MR) is 78.2 cm³/mol. The second-order valence-corrected chi connectivity index (χ2v) is 5.47. The van der Waals surface area contributed by atoms with Crippen LogP contribution in [0, 0.1) is 5.92 Å². The Kier molecular flexibility index (Phi) is 3.28. The molecule has 1 aromatic carbocycles. The zero-order chi connectivity index (χ0) is 13.2. The van der Waals surface area contributed by atoms with Crippen LogP contribution < -0.4 is 10.5 Å². The fraction of sp³-hybridized carbons (Fsp3) is 0.438. The summed E-state index contributed by atoms with van der Waals surface area (Å²) in [6.07, 6.45) is 7.08. The van der Waals surface area contributed by atoms with Gasteiger partial charge in [0.1, 0.15) is 11.9 Å². The van der Waals surface area contributed by atoms with Crippen LogP contribution in [0.2, 0.25) is 0 Å². The number of anilines is 1. The van der Waals surface area contributed by atoms with Gasteiger partial charge < -0.3 is 10.5 Å². The Morgan fingerprint density at radius 1 is 1.21 bits per heavy atom. The summed E-state index contributed by atoms with van der Waals surface area (Å²) in [6, 6.07) is 7.82. The summed E-state index contributed by atoms with van der Waals surface area (Å²) in [5, 5.41) is 1.01. The minimum atomic E-state index is 0.320. The molecule has 2 unspecified atom stereocenters. The Bertz CT molecular complexity index is 582. The van der Waals surface area contributed by atoms with Gasteiger partial charge in [-0.15, -0.1) is 0 Å². The van der Waals surface area contributed by atoms with E-state index in [4.69, 9.17) is 10.5 Å². The summed E-state index contributed by atoms with van der Waals surface area (Å²) in [5.41, 5.74) is 7.51. The second-order valence-electron chi connectivity index (χ2n) is 5.47. The number of nitrogen functional groups attached to an aromatic ring is 1. The first-order valence-electron chi connectivity index (χ1n) is 7.05. The van der Waals surface area contributed by atoms with E-state index >= 15 is 0 Å². The van der Waals surface area contributed by atoms with Crippen LogP contribution in [0.15, 0.2) is 30.5 Å². The molecular formula is C16H20N2O. The lowest BCUT2D eigenvalue weighted by Gasteiger charge is -2.29. The number of hydrogen-bond donors (Lipinski definition) is 1. The predicted octanol–water partition coefficient (Wildman–Crippen LogP) is 3.77. The van der Waals surface area contributed by atoms with E-state index < -0.39 is 0 Å². The quantitative estimate of drug-likeness (QED) is 0.832. The van der Waals surface area contributed by atoms with Gasteiger partial charge in [-0.3, -0.25) is 4.98 Å². The maximum Gasteiger partial charge on any atom is 0.129 e. The molecule has 0 bridgehead atoms. The third kappa shape index (κ3) is 2.37. The Morgan fingerprint density at radius 2 is 2.05 bits per heavy atom. The standard InChI is InChI=1S/C16H20N2O/c1-11-5-2-3-7-14(11)19-15-9-8-13(17)16-12(15)6-4-10-18-16/h4,6,8-11,14H,2-3,5,7,17H2,1H3. The second kappa shape index (κ2) is 5.08. The molecule has 0 amide bonds. The van der Waals surface area contributed by atoms with Crippen LogP contribution in [-0.2, 0) is 0 Å².